The molecular formula is C10H17NO6. The lowest BCUT2D eigenvalue weighted by Crippen LogP contribution is -2.35. The van der Waals surface area contributed by atoms with Gasteiger partial charge in [-0.2, -0.15) is 0 Å². The van der Waals surface area contributed by atoms with Crippen molar-refractivity contribution < 1.29 is 28.6 Å². The van der Waals surface area contributed by atoms with Crippen molar-refractivity contribution in [2.24, 2.45) is 5.73 Å². The summed E-state index contributed by atoms with van der Waals surface area (Å²) in [5.41, 5.74) is 5.41. The Hall–Kier alpha value is -1.63. The number of rotatable bonds is 7. The molecule has 0 rings (SSSR count). The molecule has 7 nitrogen and oxygen atoms in total. The van der Waals surface area contributed by atoms with Crippen molar-refractivity contribution in [2.75, 3.05) is 13.4 Å². The average Bonchev–Trinajstić information content (AvgIpc) is 2.25. The minimum atomic E-state index is -1.06. The van der Waals surface area contributed by atoms with E-state index in [0.717, 1.165) is 0 Å². The van der Waals surface area contributed by atoms with Gasteiger partial charge in [-0.1, -0.05) is 6.92 Å². The van der Waals surface area contributed by atoms with E-state index in [2.05, 4.69) is 9.47 Å². The highest BCUT2D eigenvalue weighted by Gasteiger charge is 2.19. The van der Waals surface area contributed by atoms with Crippen LogP contribution in [0.1, 0.15) is 26.7 Å². The first-order valence-electron chi connectivity index (χ1n) is 5.18. The van der Waals surface area contributed by atoms with Crippen molar-refractivity contribution in [2.45, 2.75) is 32.7 Å². The SMILES string of the molecule is CCCOC(=O)C(N)CC(=O)OCOC(C)=O. The molecule has 0 aromatic rings. The maximum absolute atomic E-state index is 11.2. The van der Waals surface area contributed by atoms with E-state index in [1.165, 1.54) is 6.92 Å². The number of ether oxygens (including phenoxy) is 3. The highest BCUT2D eigenvalue weighted by molar-refractivity contribution is 5.82. The second kappa shape index (κ2) is 8.51. The van der Waals surface area contributed by atoms with E-state index in [1.54, 1.807) is 0 Å². The maximum Gasteiger partial charge on any atom is 0.323 e. The molecule has 0 heterocycles. The lowest BCUT2D eigenvalue weighted by atomic mass is 10.2. The smallest absolute Gasteiger partial charge is 0.323 e. The summed E-state index contributed by atoms with van der Waals surface area (Å²) in [4.78, 5) is 32.7. The number of nitrogens with two attached hydrogens (primary N) is 1. The molecule has 0 fully saturated rings. The van der Waals surface area contributed by atoms with E-state index >= 15 is 0 Å². The molecule has 0 aromatic heterocycles. The zero-order valence-electron chi connectivity index (χ0n) is 9.93. The molecule has 98 valence electrons. The van der Waals surface area contributed by atoms with Gasteiger partial charge in [0.05, 0.1) is 13.0 Å². The van der Waals surface area contributed by atoms with E-state index in [-0.39, 0.29) is 13.0 Å². The van der Waals surface area contributed by atoms with Crippen molar-refractivity contribution in [3.05, 3.63) is 0 Å². The maximum atomic E-state index is 11.2. The van der Waals surface area contributed by atoms with Crippen LogP contribution >= 0.6 is 0 Å². The lowest BCUT2D eigenvalue weighted by Gasteiger charge is -2.10. The molecule has 0 aliphatic carbocycles. The third-order valence-corrected chi connectivity index (χ3v) is 1.62. The van der Waals surface area contributed by atoms with E-state index in [9.17, 15) is 14.4 Å². The van der Waals surface area contributed by atoms with Gasteiger partial charge in [0.1, 0.15) is 6.04 Å². The van der Waals surface area contributed by atoms with Gasteiger partial charge in [0.2, 0.25) is 6.79 Å². The minimum absolute atomic E-state index is 0.259. The van der Waals surface area contributed by atoms with Crippen molar-refractivity contribution in [1.29, 1.82) is 0 Å². The Kier molecular flexibility index (Phi) is 7.70. The zero-order chi connectivity index (χ0) is 13.3. The fourth-order valence-corrected chi connectivity index (χ4v) is 0.810. The molecule has 0 aromatic carbocycles. The van der Waals surface area contributed by atoms with Gasteiger partial charge >= 0.3 is 17.9 Å². The van der Waals surface area contributed by atoms with Gasteiger partial charge in [-0.3, -0.25) is 14.4 Å². The topological polar surface area (TPSA) is 105 Å². The Labute approximate surface area is 99.2 Å². The first-order chi connectivity index (χ1) is 7.97. The van der Waals surface area contributed by atoms with Crippen LogP contribution < -0.4 is 5.73 Å². The minimum Gasteiger partial charge on any atom is -0.465 e. The normalized spacial score (nSPS) is 11.5. The van der Waals surface area contributed by atoms with Crippen LogP contribution in [-0.4, -0.2) is 37.3 Å². The van der Waals surface area contributed by atoms with E-state index < -0.39 is 30.7 Å². The lowest BCUT2D eigenvalue weighted by molar-refractivity contribution is -0.167. The van der Waals surface area contributed by atoms with Crippen LogP contribution in [0.4, 0.5) is 0 Å². The van der Waals surface area contributed by atoms with Gasteiger partial charge in [-0.05, 0) is 6.42 Å². The molecule has 0 aliphatic heterocycles. The van der Waals surface area contributed by atoms with Crippen molar-refractivity contribution in [3.63, 3.8) is 0 Å². The first kappa shape index (κ1) is 15.4. The Morgan fingerprint density at radius 3 is 2.35 bits per heavy atom. The first-order valence-corrected chi connectivity index (χ1v) is 5.18. The third-order valence-electron chi connectivity index (χ3n) is 1.62. The molecule has 0 bridgehead atoms. The van der Waals surface area contributed by atoms with Gasteiger partial charge < -0.3 is 19.9 Å². The Morgan fingerprint density at radius 2 is 1.82 bits per heavy atom. The molecular weight excluding hydrogens is 230 g/mol. The molecule has 0 amide bonds. The Balaban J connectivity index is 3.78. The molecule has 2 N–H and O–H groups in total. The fraction of sp³-hybridized carbons (Fsp3) is 0.700. The largest absolute Gasteiger partial charge is 0.465 e. The van der Waals surface area contributed by atoms with Gasteiger partial charge in [-0.25, -0.2) is 0 Å². The summed E-state index contributed by atoms with van der Waals surface area (Å²) in [5, 5.41) is 0. The zero-order valence-corrected chi connectivity index (χ0v) is 9.93. The van der Waals surface area contributed by atoms with Crippen LogP contribution in [0, 0.1) is 0 Å². The van der Waals surface area contributed by atoms with Crippen LogP contribution in [0.25, 0.3) is 0 Å². The van der Waals surface area contributed by atoms with Crippen LogP contribution in [0.2, 0.25) is 0 Å². The predicted molar refractivity (Wildman–Crippen MR) is 56.6 cm³/mol. The highest BCUT2D eigenvalue weighted by atomic mass is 16.7. The fourth-order valence-electron chi connectivity index (χ4n) is 0.810. The van der Waals surface area contributed by atoms with Gasteiger partial charge in [0.15, 0.2) is 0 Å². The summed E-state index contributed by atoms with van der Waals surface area (Å²) in [7, 11) is 0. The average molecular weight is 247 g/mol. The summed E-state index contributed by atoms with van der Waals surface area (Å²) in [6, 6.07) is -1.06. The Bertz CT molecular complexity index is 278. The second-order valence-corrected chi connectivity index (χ2v) is 3.25. The van der Waals surface area contributed by atoms with Crippen LogP contribution in [-0.2, 0) is 28.6 Å². The number of hydrogen-bond acceptors (Lipinski definition) is 7. The molecule has 0 saturated carbocycles. The van der Waals surface area contributed by atoms with Crippen LogP contribution in [0.5, 0.6) is 0 Å². The number of esters is 3. The summed E-state index contributed by atoms with van der Waals surface area (Å²) in [6.45, 7) is 2.80. The molecule has 0 saturated heterocycles. The van der Waals surface area contributed by atoms with E-state index in [4.69, 9.17) is 10.5 Å². The molecule has 0 spiro atoms. The van der Waals surface area contributed by atoms with Crippen LogP contribution in [0.3, 0.4) is 0 Å². The summed E-state index contributed by atoms with van der Waals surface area (Å²) < 4.78 is 13.6. The molecule has 1 atom stereocenters. The molecule has 1 unspecified atom stereocenters. The summed E-state index contributed by atoms with van der Waals surface area (Å²) >= 11 is 0. The second-order valence-electron chi connectivity index (χ2n) is 3.25. The van der Waals surface area contributed by atoms with Gasteiger partial charge in [0, 0.05) is 6.92 Å². The summed E-state index contributed by atoms with van der Waals surface area (Å²) in [6.07, 6.45) is 0.360. The Morgan fingerprint density at radius 1 is 1.18 bits per heavy atom. The summed E-state index contributed by atoms with van der Waals surface area (Å²) in [5.74, 6) is -1.95. The quantitative estimate of drug-likeness (QED) is 0.487. The van der Waals surface area contributed by atoms with E-state index in [0.29, 0.717) is 6.42 Å². The molecule has 7 heteroatoms. The van der Waals surface area contributed by atoms with Crippen molar-refractivity contribution in [1.82, 2.24) is 0 Å². The van der Waals surface area contributed by atoms with Gasteiger partial charge in [0.25, 0.3) is 0 Å². The van der Waals surface area contributed by atoms with Crippen molar-refractivity contribution in [3.8, 4) is 0 Å². The number of carbonyl (C=O) groups is 3. The van der Waals surface area contributed by atoms with Crippen LogP contribution in [0.15, 0.2) is 0 Å². The standard InChI is InChI=1S/C10H17NO6/c1-3-4-15-10(14)8(11)5-9(13)17-6-16-7(2)12/h8H,3-6,11H2,1-2H3. The predicted octanol–water partition coefficient (Wildman–Crippen LogP) is -0.279. The molecule has 0 aliphatic rings. The molecule has 17 heavy (non-hydrogen) atoms. The number of carbonyl (C=O) groups excluding carboxylic acids is 3. The van der Waals surface area contributed by atoms with Gasteiger partial charge in [-0.15, -0.1) is 0 Å². The van der Waals surface area contributed by atoms with Crippen molar-refractivity contribution >= 4 is 17.9 Å². The number of hydrogen-bond donors (Lipinski definition) is 1. The third kappa shape index (κ3) is 8.21. The molecule has 0 radical (unpaired) electrons. The van der Waals surface area contributed by atoms with E-state index in [1.807, 2.05) is 6.92 Å². The highest BCUT2D eigenvalue weighted by Crippen LogP contribution is 1.96. The monoisotopic (exact) mass is 247 g/mol.